The third-order valence-electron chi connectivity index (χ3n) is 2.81. The van der Waals surface area contributed by atoms with E-state index >= 15 is 0 Å². The predicted octanol–water partition coefficient (Wildman–Crippen LogP) is 7.35. The van der Waals surface area contributed by atoms with Gasteiger partial charge in [0.25, 0.3) is 0 Å². The van der Waals surface area contributed by atoms with E-state index in [1.54, 1.807) is 22.7 Å². The fourth-order valence-electron chi connectivity index (χ4n) is 1.77. The number of halogens is 2. The molecule has 0 aromatic carbocycles. The summed E-state index contributed by atoms with van der Waals surface area (Å²) in [6, 6.07) is 8.95. The van der Waals surface area contributed by atoms with Crippen LogP contribution in [0, 0.1) is 13.8 Å². The Balaban J connectivity index is 1.99. The Labute approximate surface area is 141 Å². The lowest BCUT2D eigenvalue weighted by Gasteiger charge is -1.90. The Morgan fingerprint density at radius 3 is 1.42 bits per heavy atom. The van der Waals surface area contributed by atoms with Crippen molar-refractivity contribution < 1.29 is 0 Å². The molecule has 0 fully saturated rings. The van der Waals surface area contributed by atoms with E-state index in [1.807, 2.05) is 11.3 Å². The van der Waals surface area contributed by atoms with E-state index in [0.717, 1.165) is 0 Å². The first-order chi connectivity index (χ1) is 9.04. The summed E-state index contributed by atoms with van der Waals surface area (Å²) in [7, 11) is 0. The Bertz CT molecular complexity index is 634. The molecular weight excluding hydrogens is 424 g/mol. The number of hydrogen-bond acceptors (Lipinski definition) is 3. The normalized spacial score (nSPS) is 11.2. The third-order valence-corrected chi connectivity index (χ3v) is 8.56. The fraction of sp³-hybridized carbons (Fsp3) is 0.143. The highest BCUT2D eigenvalue weighted by Gasteiger charge is 2.11. The van der Waals surface area contributed by atoms with Crippen LogP contribution in [0.1, 0.15) is 11.1 Å². The summed E-state index contributed by atoms with van der Waals surface area (Å²) in [5, 5.41) is 0. The van der Waals surface area contributed by atoms with Crippen molar-refractivity contribution in [1.29, 1.82) is 0 Å². The Hall–Kier alpha value is 0.0600. The van der Waals surface area contributed by atoms with Gasteiger partial charge in [-0.3, -0.25) is 0 Å². The van der Waals surface area contributed by atoms with E-state index in [0.29, 0.717) is 0 Å². The van der Waals surface area contributed by atoms with Crippen molar-refractivity contribution in [3.05, 3.63) is 43.0 Å². The van der Waals surface area contributed by atoms with Crippen LogP contribution in [0.2, 0.25) is 0 Å². The molecule has 98 valence electrons. The Morgan fingerprint density at radius 2 is 1.11 bits per heavy atom. The van der Waals surface area contributed by atoms with E-state index in [9.17, 15) is 0 Å². The van der Waals surface area contributed by atoms with Crippen molar-refractivity contribution >= 4 is 65.9 Å². The van der Waals surface area contributed by atoms with Crippen LogP contribution < -0.4 is 0 Å². The molecule has 0 spiro atoms. The molecule has 0 aliphatic heterocycles. The van der Waals surface area contributed by atoms with Gasteiger partial charge in [0, 0.05) is 19.5 Å². The fourth-order valence-corrected chi connectivity index (χ4v) is 6.00. The first kappa shape index (κ1) is 14.0. The summed E-state index contributed by atoms with van der Waals surface area (Å²) in [5.41, 5.74) is 2.62. The molecule has 3 heterocycles. The standard InChI is InChI=1S/C14H10Br2S3/c1-7-5-11(18-13(7)15)9-3-4-10(17-9)12-6-8(2)14(16)19-12/h3-6H,1-2H3. The molecule has 0 radical (unpaired) electrons. The van der Waals surface area contributed by atoms with Crippen molar-refractivity contribution in [3.63, 3.8) is 0 Å². The summed E-state index contributed by atoms with van der Waals surface area (Å²) >= 11 is 12.7. The summed E-state index contributed by atoms with van der Waals surface area (Å²) in [4.78, 5) is 5.37. The lowest BCUT2D eigenvalue weighted by Crippen LogP contribution is -1.61. The van der Waals surface area contributed by atoms with Gasteiger partial charge >= 0.3 is 0 Å². The summed E-state index contributed by atoms with van der Waals surface area (Å²) in [5.74, 6) is 0. The van der Waals surface area contributed by atoms with Crippen LogP contribution in [0.15, 0.2) is 31.8 Å². The van der Waals surface area contributed by atoms with Gasteiger partial charge in [-0.25, -0.2) is 0 Å². The van der Waals surface area contributed by atoms with Crippen LogP contribution in [0.5, 0.6) is 0 Å². The molecule has 0 saturated heterocycles. The van der Waals surface area contributed by atoms with Crippen LogP contribution >= 0.6 is 65.9 Å². The highest BCUT2D eigenvalue weighted by molar-refractivity contribution is 9.11. The molecular formula is C14H10Br2S3. The third kappa shape index (κ3) is 2.76. The van der Waals surface area contributed by atoms with Gasteiger partial charge < -0.3 is 0 Å². The summed E-state index contributed by atoms with van der Waals surface area (Å²) < 4.78 is 2.46. The largest absolute Gasteiger partial charge is 0.134 e. The molecule has 0 unspecified atom stereocenters. The van der Waals surface area contributed by atoms with Crippen LogP contribution in [-0.4, -0.2) is 0 Å². The highest BCUT2D eigenvalue weighted by atomic mass is 79.9. The SMILES string of the molecule is Cc1cc(-c2ccc(-c3cc(C)c(Br)s3)s2)sc1Br. The molecule has 0 N–H and O–H groups in total. The predicted molar refractivity (Wildman–Crippen MR) is 95.8 cm³/mol. The second-order valence-electron chi connectivity index (χ2n) is 4.30. The maximum atomic E-state index is 3.60. The lowest BCUT2D eigenvalue weighted by atomic mass is 10.3. The molecule has 19 heavy (non-hydrogen) atoms. The van der Waals surface area contributed by atoms with Gasteiger partial charge in [0.15, 0.2) is 0 Å². The number of thiophene rings is 3. The van der Waals surface area contributed by atoms with Gasteiger partial charge in [-0.15, -0.1) is 34.0 Å². The second kappa shape index (κ2) is 5.45. The molecule has 0 atom stereocenters. The summed E-state index contributed by atoms with van der Waals surface area (Å²) in [6.45, 7) is 4.27. The highest BCUT2D eigenvalue weighted by Crippen LogP contribution is 2.43. The van der Waals surface area contributed by atoms with E-state index < -0.39 is 0 Å². The monoisotopic (exact) mass is 432 g/mol. The average molecular weight is 434 g/mol. The molecule has 0 amide bonds. The van der Waals surface area contributed by atoms with Crippen molar-refractivity contribution in [2.45, 2.75) is 13.8 Å². The van der Waals surface area contributed by atoms with Crippen molar-refractivity contribution in [2.24, 2.45) is 0 Å². The maximum Gasteiger partial charge on any atom is 0.0734 e. The molecule has 0 aliphatic rings. The zero-order chi connectivity index (χ0) is 13.6. The van der Waals surface area contributed by atoms with Crippen molar-refractivity contribution in [3.8, 4) is 19.5 Å². The molecule has 3 aromatic heterocycles. The zero-order valence-electron chi connectivity index (χ0n) is 10.3. The Kier molecular flexibility index (Phi) is 4.02. The smallest absolute Gasteiger partial charge is 0.0734 e. The molecule has 3 aromatic rings. The van der Waals surface area contributed by atoms with Gasteiger partial charge in [0.1, 0.15) is 0 Å². The van der Waals surface area contributed by atoms with E-state index in [4.69, 9.17) is 0 Å². The van der Waals surface area contributed by atoms with Gasteiger partial charge in [0.2, 0.25) is 0 Å². The first-order valence-corrected chi connectivity index (χ1v) is 9.70. The van der Waals surface area contributed by atoms with E-state index in [-0.39, 0.29) is 0 Å². The first-order valence-electron chi connectivity index (χ1n) is 5.67. The zero-order valence-corrected chi connectivity index (χ0v) is 15.9. The van der Waals surface area contributed by atoms with Gasteiger partial charge in [-0.05, 0) is 81.1 Å². The lowest BCUT2D eigenvalue weighted by molar-refractivity contribution is 1.53. The minimum atomic E-state index is 1.23. The number of hydrogen-bond donors (Lipinski definition) is 0. The Morgan fingerprint density at radius 1 is 0.684 bits per heavy atom. The van der Waals surface area contributed by atoms with Crippen LogP contribution in [0.3, 0.4) is 0 Å². The molecule has 5 heteroatoms. The molecule has 0 aliphatic carbocycles. The quantitative estimate of drug-likeness (QED) is 0.396. The number of rotatable bonds is 2. The van der Waals surface area contributed by atoms with Crippen LogP contribution in [0.25, 0.3) is 19.5 Å². The van der Waals surface area contributed by atoms with Crippen LogP contribution in [-0.2, 0) is 0 Å². The van der Waals surface area contributed by atoms with Gasteiger partial charge in [-0.2, -0.15) is 0 Å². The maximum absolute atomic E-state index is 3.60. The van der Waals surface area contributed by atoms with Crippen molar-refractivity contribution in [1.82, 2.24) is 0 Å². The van der Waals surface area contributed by atoms with Crippen LogP contribution in [0.4, 0.5) is 0 Å². The molecule has 0 nitrogen and oxygen atoms in total. The minimum absolute atomic E-state index is 1.23. The number of aryl methyl sites for hydroxylation is 2. The molecule has 3 rings (SSSR count). The second-order valence-corrected chi connectivity index (χ2v) is 10.1. The van der Waals surface area contributed by atoms with Gasteiger partial charge in [0.05, 0.1) is 7.57 Å². The van der Waals surface area contributed by atoms with E-state index in [1.165, 1.54) is 38.2 Å². The van der Waals surface area contributed by atoms with Crippen molar-refractivity contribution in [2.75, 3.05) is 0 Å². The topological polar surface area (TPSA) is 0 Å². The van der Waals surface area contributed by atoms with Gasteiger partial charge in [-0.1, -0.05) is 0 Å². The average Bonchev–Trinajstić information content (AvgIpc) is 3.03. The summed E-state index contributed by atoms with van der Waals surface area (Å²) in [6.07, 6.45) is 0. The minimum Gasteiger partial charge on any atom is -0.134 e. The van der Waals surface area contributed by atoms with E-state index in [2.05, 4.69) is 70.0 Å². The molecule has 0 saturated carbocycles. The molecule has 0 bridgehead atoms.